The van der Waals surface area contributed by atoms with Gasteiger partial charge in [0.1, 0.15) is 0 Å². The Morgan fingerprint density at radius 2 is 2.18 bits per heavy atom. The lowest BCUT2D eigenvalue weighted by Crippen LogP contribution is -2.24. The Hall–Kier alpha value is -0.540. The maximum Gasteiger partial charge on any atom is 0.0400 e. The summed E-state index contributed by atoms with van der Waals surface area (Å²) in [6.07, 6.45) is 2.22. The highest BCUT2D eigenvalue weighted by atomic mass is 79.9. The molecule has 0 aromatic heterocycles. The van der Waals surface area contributed by atoms with E-state index in [4.69, 9.17) is 5.73 Å². The van der Waals surface area contributed by atoms with E-state index in [-0.39, 0.29) is 0 Å². The molecule has 94 valence electrons. The van der Waals surface area contributed by atoms with E-state index >= 15 is 0 Å². The Kier molecular flexibility index (Phi) is 3.79. The lowest BCUT2D eigenvalue weighted by atomic mass is 9.93. The Morgan fingerprint density at radius 3 is 2.76 bits per heavy atom. The van der Waals surface area contributed by atoms with Gasteiger partial charge in [-0.3, -0.25) is 0 Å². The minimum Gasteiger partial charge on any atom is -0.371 e. The molecule has 1 aromatic rings. The first-order valence-corrected chi connectivity index (χ1v) is 7.04. The van der Waals surface area contributed by atoms with Crippen molar-refractivity contribution in [3.63, 3.8) is 0 Å². The Balaban J connectivity index is 2.26. The van der Waals surface area contributed by atoms with Gasteiger partial charge in [0.05, 0.1) is 0 Å². The van der Waals surface area contributed by atoms with Crippen molar-refractivity contribution in [1.82, 2.24) is 0 Å². The molecule has 1 fully saturated rings. The molecule has 17 heavy (non-hydrogen) atoms. The van der Waals surface area contributed by atoms with Crippen LogP contribution in [-0.2, 0) is 6.42 Å². The first kappa shape index (κ1) is 12.9. The number of nitrogens with zero attached hydrogens (tertiary/aromatic N) is 1. The zero-order chi connectivity index (χ0) is 12.5. The van der Waals surface area contributed by atoms with Gasteiger partial charge in [-0.15, -0.1) is 0 Å². The molecule has 2 nitrogen and oxygen atoms in total. The van der Waals surface area contributed by atoms with Crippen molar-refractivity contribution in [3.05, 3.63) is 28.2 Å². The number of benzene rings is 1. The van der Waals surface area contributed by atoms with Gasteiger partial charge in [0.15, 0.2) is 0 Å². The summed E-state index contributed by atoms with van der Waals surface area (Å²) in [7, 11) is 0. The fourth-order valence-electron chi connectivity index (χ4n) is 2.54. The third-order valence-electron chi connectivity index (χ3n) is 3.47. The average Bonchev–Trinajstić information content (AvgIpc) is 2.59. The van der Waals surface area contributed by atoms with Gasteiger partial charge in [-0.2, -0.15) is 0 Å². The topological polar surface area (TPSA) is 29.3 Å². The van der Waals surface area contributed by atoms with Crippen LogP contribution in [0.3, 0.4) is 0 Å². The Bertz CT molecular complexity index is 401. The van der Waals surface area contributed by atoms with E-state index in [1.54, 1.807) is 0 Å². The van der Waals surface area contributed by atoms with Crippen LogP contribution in [0.1, 0.15) is 25.8 Å². The monoisotopic (exact) mass is 296 g/mol. The van der Waals surface area contributed by atoms with E-state index in [1.165, 1.54) is 17.7 Å². The zero-order valence-electron chi connectivity index (χ0n) is 10.7. The number of halogens is 1. The van der Waals surface area contributed by atoms with Crippen LogP contribution in [0.25, 0.3) is 0 Å². The van der Waals surface area contributed by atoms with Gasteiger partial charge in [0.25, 0.3) is 0 Å². The molecule has 0 amide bonds. The van der Waals surface area contributed by atoms with Crippen LogP contribution in [0.2, 0.25) is 0 Å². The number of rotatable bonds is 3. The summed E-state index contributed by atoms with van der Waals surface area (Å²) in [6, 6.07) is 6.55. The molecule has 0 radical (unpaired) electrons. The number of hydrogen-bond donors (Lipinski definition) is 1. The Labute approximate surface area is 112 Å². The van der Waals surface area contributed by atoms with Crippen molar-refractivity contribution < 1.29 is 0 Å². The molecule has 0 atom stereocenters. The van der Waals surface area contributed by atoms with E-state index < -0.39 is 0 Å². The highest BCUT2D eigenvalue weighted by Gasteiger charge is 2.30. The van der Waals surface area contributed by atoms with Gasteiger partial charge in [0, 0.05) is 23.2 Å². The second-order valence-electron chi connectivity index (χ2n) is 5.65. The molecule has 0 saturated carbocycles. The molecule has 1 aromatic carbocycles. The highest BCUT2D eigenvalue weighted by molar-refractivity contribution is 9.10. The minimum atomic E-state index is 0.438. The summed E-state index contributed by atoms with van der Waals surface area (Å²) in [5.41, 5.74) is 8.86. The van der Waals surface area contributed by atoms with Crippen LogP contribution >= 0.6 is 15.9 Å². The van der Waals surface area contributed by atoms with Crippen LogP contribution in [0, 0.1) is 5.41 Å². The minimum absolute atomic E-state index is 0.438. The van der Waals surface area contributed by atoms with Gasteiger partial charge in [-0.1, -0.05) is 29.8 Å². The molecule has 1 saturated heterocycles. The second-order valence-corrected chi connectivity index (χ2v) is 6.56. The van der Waals surface area contributed by atoms with Crippen molar-refractivity contribution in [2.45, 2.75) is 26.7 Å². The molecule has 0 bridgehead atoms. The van der Waals surface area contributed by atoms with Crippen molar-refractivity contribution >= 4 is 21.6 Å². The maximum atomic E-state index is 5.70. The molecule has 3 heteroatoms. The summed E-state index contributed by atoms with van der Waals surface area (Å²) < 4.78 is 1.14. The first-order chi connectivity index (χ1) is 8.02. The van der Waals surface area contributed by atoms with E-state index in [0.29, 0.717) is 12.0 Å². The normalized spacial score (nSPS) is 18.7. The standard InChI is InChI=1S/C14H21BrN2/c1-14(2)6-8-17(10-14)13-4-3-12(15)9-11(13)5-7-16/h3-4,9H,5-8,10,16H2,1-2H3. The van der Waals surface area contributed by atoms with Gasteiger partial charge < -0.3 is 10.6 Å². The van der Waals surface area contributed by atoms with Gasteiger partial charge in [0.2, 0.25) is 0 Å². The maximum absolute atomic E-state index is 5.70. The van der Waals surface area contributed by atoms with E-state index in [9.17, 15) is 0 Å². The number of nitrogens with two attached hydrogens (primary N) is 1. The van der Waals surface area contributed by atoms with Gasteiger partial charge in [-0.05, 0) is 48.6 Å². The summed E-state index contributed by atoms with van der Waals surface area (Å²) >= 11 is 3.54. The highest BCUT2D eigenvalue weighted by Crippen LogP contribution is 2.35. The lowest BCUT2D eigenvalue weighted by molar-refractivity contribution is 0.418. The molecule has 0 unspecified atom stereocenters. The van der Waals surface area contributed by atoms with Crippen LogP contribution in [0.4, 0.5) is 5.69 Å². The number of hydrogen-bond acceptors (Lipinski definition) is 2. The fourth-order valence-corrected chi connectivity index (χ4v) is 2.94. The smallest absolute Gasteiger partial charge is 0.0400 e. The Morgan fingerprint density at radius 1 is 1.41 bits per heavy atom. The van der Waals surface area contributed by atoms with Crippen LogP contribution in [0.5, 0.6) is 0 Å². The quantitative estimate of drug-likeness (QED) is 0.928. The lowest BCUT2D eigenvalue weighted by Gasteiger charge is -2.24. The van der Waals surface area contributed by atoms with E-state index in [2.05, 4.69) is 52.9 Å². The summed E-state index contributed by atoms with van der Waals surface area (Å²) in [5.74, 6) is 0. The molecular formula is C14H21BrN2. The predicted molar refractivity (Wildman–Crippen MR) is 77.5 cm³/mol. The average molecular weight is 297 g/mol. The summed E-state index contributed by atoms with van der Waals surface area (Å²) in [6.45, 7) is 7.70. The third-order valence-corrected chi connectivity index (χ3v) is 3.97. The van der Waals surface area contributed by atoms with Gasteiger partial charge in [-0.25, -0.2) is 0 Å². The first-order valence-electron chi connectivity index (χ1n) is 6.25. The van der Waals surface area contributed by atoms with E-state index in [1.807, 2.05) is 0 Å². The van der Waals surface area contributed by atoms with Crippen LogP contribution < -0.4 is 10.6 Å². The SMILES string of the molecule is CC1(C)CCN(c2ccc(Br)cc2CCN)C1. The molecule has 0 spiro atoms. The molecule has 1 aliphatic rings. The predicted octanol–water partition coefficient (Wildman–Crippen LogP) is 3.19. The molecule has 1 aliphatic heterocycles. The number of anilines is 1. The molecule has 1 heterocycles. The van der Waals surface area contributed by atoms with Crippen molar-refractivity contribution in [2.75, 3.05) is 24.5 Å². The third kappa shape index (κ3) is 3.02. The zero-order valence-corrected chi connectivity index (χ0v) is 12.3. The van der Waals surface area contributed by atoms with Crippen LogP contribution in [-0.4, -0.2) is 19.6 Å². The van der Waals surface area contributed by atoms with E-state index in [0.717, 1.165) is 24.0 Å². The molecule has 0 aliphatic carbocycles. The molecule has 2 rings (SSSR count). The second kappa shape index (κ2) is 4.99. The largest absolute Gasteiger partial charge is 0.371 e. The van der Waals surface area contributed by atoms with Crippen molar-refractivity contribution in [1.29, 1.82) is 0 Å². The van der Waals surface area contributed by atoms with Crippen molar-refractivity contribution in [2.24, 2.45) is 11.1 Å². The molecular weight excluding hydrogens is 276 g/mol. The fraction of sp³-hybridized carbons (Fsp3) is 0.571. The summed E-state index contributed by atoms with van der Waals surface area (Å²) in [5, 5.41) is 0. The van der Waals surface area contributed by atoms with Gasteiger partial charge >= 0.3 is 0 Å². The summed E-state index contributed by atoms with van der Waals surface area (Å²) in [4.78, 5) is 2.50. The molecule has 2 N–H and O–H groups in total. The van der Waals surface area contributed by atoms with Crippen LogP contribution in [0.15, 0.2) is 22.7 Å². The van der Waals surface area contributed by atoms with Crippen molar-refractivity contribution in [3.8, 4) is 0 Å².